The van der Waals surface area contributed by atoms with E-state index in [1.807, 2.05) is 41.0 Å². The summed E-state index contributed by atoms with van der Waals surface area (Å²) in [5.74, 6) is 1.72. The number of nitrogens with one attached hydrogen (secondary N) is 1. The quantitative estimate of drug-likeness (QED) is 0.493. The van der Waals surface area contributed by atoms with Crippen molar-refractivity contribution in [3.8, 4) is 5.75 Å². The third kappa shape index (κ3) is 4.01. The Bertz CT molecular complexity index is 1390. The van der Waals surface area contributed by atoms with Crippen molar-refractivity contribution in [2.24, 2.45) is 18.9 Å². The third-order valence-electron chi connectivity index (χ3n) is 6.77. The van der Waals surface area contributed by atoms with Gasteiger partial charge in [0.1, 0.15) is 11.3 Å². The van der Waals surface area contributed by atoms with Crippen LogP contribution in [0.1, 0.15) is 31.6 Å². The highest BCUT2D eigenvalue weighted by Gasteiger charge is 2.27. The summed E-state index contributed by atoms with van der Waals surface area (Å²) in [6, 6.07) is 11.2. The average molecular weight is 449 g/mol. The Morgan fingerprint density at radius 3 is 2.70 bits per heavy atom. The van der Waals surface area contributed by atoms with Gasteiger partial charge in [-0.3, -0.25) is 13.9 Å². The number of anilines is 1. The fourth-order valence-corrected chi connectivity index (χ4v) is 4.92. The summed E-state index contributed by atoms with van der Waals surface area (Å²) in [6.45, 7) is 2.46. The van der Waals surface area contributed by atoms with Crippen LogP contribution >= 0.6 is 0 Å². The lowest BCUT2D eigenvalue weighted by Gasteiger charge is -2.28. The Balaban J connectivity index is 1.24. The number of carbonyl (C=O) groups excluding carboxylic acids is 1. The van der Waals surface area contributed by atoms with E-state index in [4.69, 9.17) is 9.15 Å². The van der Waals surface area contributed by atoms with E-state index in [1.54, 1.807) is 25.6 Å². The Morgan fingerprint density at radius 1 is 1.15 bits per heavy atom. The number of nitrogens with zero attached hydrogens (tertiary/aromatic N) is 3. The molecule has 5 rings (SSSR count). The molecule has 0 spiro atoms. The minimum absolute atomic E-state index is 0.0170. The molecule has 172 valence electrons. The zero-order chi connectivity index (χ0) is 23.1. The second kappa shape index (κ2) is 8.42. The lowest BCUT2D eigenvalue weighted by molar-refractivity contribution is -0.121. The number of methoxy groups -OCH3 is 1. The van der Waals surface area contributed by atoms with E-state index in [0.717, 1.165) is 53.7 Å². The number of carbonyl (C=O) groups is 1. The monoisotopic (exact) mass is 448 g/mol. The van der Waals surface area contributed by atoms with Crippen LogP contribution in [0.2, 0.25) is 0 Å². The fraction of sp³-hybridized carbons (Fsp3) is 0.400. The molecule has 1 aliphatic carbocycles. The molecular formula is C25H28N4O4. The van der Waals surface area contributed by atoms with Gasteiger partial charge >= 0.3 is 5.69 Å². The first-order valence-corrected chi connectivity index (χ1v) is 11.3. The molecule has 0 unspecified atom stereocenters. The molecular weight excluding hydrogens is 420 g/mol. The number of rotatable bonds is 5. The maximum Gasteiger partial charge on any atom is 0.328 e. The van der Waals surface area contributed by atoms with E-state index < -0.39 is 0 Å². The highest BCUT2D eigenvalue weighted by molar-refractivity contribution is 5.94. The van der Waals surface area contributed by atoms with E-state index in [1.165, 1.54) is 0 Å². The van der Waals surface area contributed by atoms with Gasteiger partial charge in [0.15, 0.2) is 11.5 Å². The molecule has 1 fully saturated rings. The van der Waals surface area contributed by atoms with Gasteiger partial charge in [-0.05, 0) is 61.9 Å². The minimum atomic E-state index is -0.0275. The van der Waals surface area contributed by atoms with Crippen LogP contribution in [-0.2, 0) is 18.4 Å². The molecule has 2 heterocycles. The molecule has 0 radical (unpaired) electrons. The second-order valence-corrected chi connectivity index (χ2v) is 8.93. The van der Waals surface area contributed by atoms with E-state index in [-0.39, 0.29) is 17.5 Å². The first kappa shape index (κ1) is 21.3. The van der Waals surface area contributed by atoms with Crippen LogP contribution in [0.4, 0.5) is 5.69 Å². The summed E-state index contributed by atoms with van der Waals surface area (Å²) >= 11 is 0. The Morgan fingerprint density at radius 2 is 1.94 bits per heavy atom. The lowest BCUT2D eigenvalue weighted by Crippen LogP contribution is -2.30. The van der Waals surface area contributed by atoms with E-state index in [2.05, 4.69) is 10.3 Å². The highest BCUT2D eigenvalue weighted by atomic mass is 16.5. The first-order chi connectivity index (χ1) is 15.9. The molecule has 2 aromatic carbocycles. The molecule has 0 atom stereocenters. The topological polar surface area (TPSA) is 91.3 Å². The van der Waals surface area contributed by atoms with Crippen LogP contribution in [0.3, 0.4) is 0 Å². The molecule has 1 N–H and O–H groups in total. The van der Waals surface area contributed by atoms with Crippen LogP contribution < -0.4 is 15.7 Å². The van der Waals surface area contributed by atoms with Crippen molar-refractivity contribution in [3.63, 3.8) is 0 Å². The largest absolute Gasteiger partial charge is 0.497 e. The van der Waals surface area contributed by atoms with Gasteiger partial charge in [-0.2, -0.15) is 0 Å². The summed E-state index contributed by atoms with van der Waals surface area (Å²) in [6.07, 6.45) is 3.44. The van der Waals surface area contributed by atoms with Crippen molar-refractivity contribution in [1.29, 1.82) is 0 Å². The smallest absolute Gasteiger partial charge is 0.328 e. The number of oxazole rings is 1. The summed E-state index contributed by atoms with van der Waals surface area (Å²) < 4.78 is 14.4. The molecule has 8 nitrogen and oxygen atoms in total. The predicted molar refractivity (Wildman–Crippen MR) is 127 cm³/mol. The number of aromatic nitrogens is 3. The van der Waals surface area contributed by atoms with E-state index >= 15 is 0 Å². The van der Waals surface area contributed by atoms with Crippen molar-refractivity contribution >= 4 is 33.7 Å². The summed E-state index contributed by atoms with van der Waals surface area (Å²) in [5.41, 5.74) is 3.96. The summed E-state index contributed by atoms with van der Waals surface area (Å²) in [4.78, 5) is 30.0. The fourth-order valence-electron chi connectivity index (χ4n) is 4.92. The Kier molecular flexibility index (Phi) is 5.44. The number of aryl methyl sites for hydroxylation is 2. The first-order valence-electron chi connectivity index (χ1n) is 11.3. The number of ether oxygens (including phenoxy) is 1. The van der Waals surface area contributed by atoms with Crippen LogP contribution in [0.15, 0.2) is 45.6 Å². The van der Waals surface area contributed by atoms with Crippen LogP contribution in [0.5, 0.6) is 5.75 Å². The molecule has 1 amide bonds. The zero-order valence-electron chi connectivity index (χ0n) is 19.1. The van der Waals surface area contributed by atoms with Crippen molar-refractivity contribution in [1.82, 2.24) is 14.1 Å². The average Bonchev–Trinajstić information content (AvgIpc) is 3.30. The molecule has 2 aromatic heterocycles. The normalized spacial score (nSPS) is 18.6. The van der Waals surface area contributed by atoms with Crippen LogP contribution in [0.25, 0.3) is 22.1 Å². The predicted octanol–water partition coefficient (Wildman–Crippen LogP) is 4.24. The maximum atomic E-state index is 12.8. The highest BCUT2D eigenvalue weighted by Crippen LogP contribution is 2.32. The molecule has 33 heavy (non-hydrogen) atoms. The number of imidazole rings is 1. The molecule has 1 saturated carbocycles. The third-order valence-corrected chi connectivity index (χ3v) is 6.77. The second-order valence-electron chi connectivity index (χ2n) is 8.93. The van der Waals surface area contributed by atoms with Crippen LogP contribution in [0, 0.1) is 18.8 Å². The van der Waals surface area contributed by atoms with Crippen molar-refractivity contribution in [3.05, 3.63) is 52.8 Å². The summed E-state index contributed by atoms with van der Waals surface area (Å²) in [7, 11) is 3.43. The molecule has 4 aromatic rings. The van der Waals surface area contributed by atoms with Gasteiger partial charge in [-0.1, -0.05) is 0 Å². The van der Waals surface area contributed by atoms with Gasteiger partial charge in [-0.25, -0.2) is 9.78 Å². The maximum absolute atomic E-state index is 12.8. The number of hydrogen-bond donors (Lipinski definition) is 1. The SMILES string of the molecule is COc1ccc2c(c1)n(CC1CCC(C(=O)Nc3ccc4oc(C)nc4c3)CC1)c(=O)n2C. The van der Waals surface area contributed by atoms with Gasteiger partial charge in [0.25, 0.3) is 0 Å². The Hall–Kier alpha value is -3.55. The molecule has 0 bridgehead atoms. The van der Waals surface area contributed by atoms with Crippen molar-refractivity contribution in [2.45, 2.75) is 39.2 Å². The number of amides is 1. The van der Waals surface area contributed by atoms with Gasteiger partial charge in [0, 0.05) is 38.2 Å². The van der Waals surface area contributed by atoms with Crippen LogP contribution in [-0.4, -0.2) is 27.1 Å². The Labute approximate surface area is 191 Å². The molecule has 8 heteroatoms. The van der Waals surface area contributed by atoms with Gasteiger partial charge in [0.2, 0.25) is 5.91 Å². The lowest BCUT2D eigenvalue weighted by atomic mass is 9.81. The van der Waals surface area contributed by atoms with E-state index in [9.17, 15) is 9.59 Å². The zero-order valence-corrected chi connectivity index (χ0v) is 19.1. The molecule has 0 saturated heterocycles. The van der Waals surface area contributed by atoms with Gasteiger partial charge in [0.05, 0.1) is 18.1 Å². The van der Waals surface area contributed by atoms with Gasteiger partial charge in [-0.15, -0.1) is 0 Å². The standard InChI is InChI=1S/C25H28N4O4/c1-15-26-20-12-18(8-11-23(20)33-15)27-24(30)17-6-4-16(5-7-17)14-29-22-13-19(32-3)9-10-21(22)28(2)25(29)31/h8-13,16-17H,4-7,14H2,1-3H3,(H,27,30). The summed E-state index contributed by atoms with van der Waals surface area (Å²) in [5, 5.41) is 3.03. The number of fused-ring (bicyclic) bond motifs is 2. The minimum Gasteiger partial charge on any atom is -0.497 e. The number of benzene rings is 2. The van der Waals surface area contributed by atoms with Gasteiger partial charge < -0.3 is 14.5 Å². The number of hydrogen-bond acceptors (Lipinski definition) is 5. The van der Waals surface area contributed by atoms with Crippen molar-refractivity contribution < 1.29 is 13.9 Å². The molecule has 0 aliphatic heterocycles. The molecule has 1 aliphatic rings. The van der Waals surface area contributed by atoms with E-state index in [0.29, 0.717) is 23.9 Å². The van der Waals surface area contributed by atoms with Crippen molar-refractivity contribution in [2.75, 3.05) is 12.4 Å².